The molecule has 5 nitrogen and oxygen atoms in total. The number of anilines is 1. The Morgan fingerprint density at radius 2 is 1.68 bits per heavy atom. The average Bonchev–Trinajstić information content (AvgIpc) is 3.28. The van der Waals surface area contributed by atoms with Crippen LogP contribution in [0.5, 0.6) is 0 Å². The number of furan rings is 1. The zero-order valence-electron chi connectivity index (χ0n) is 16.5. The number of esters is 1. The average molecular weight is 431 g/mol. The van der Waals surface area contributed by atoms with Gasteiger partial charge in [-0.25, -0.2) is 4.79 Å². The fourth-order valence-electron chi connectivity index (χ4n) is 2.87. The number of hydrogen-bond donors (Lipinski definition) is 1. The Bertz CT molecular complexity index is 1180. The van der Waals surface area contributed by atoms with Crippen molar-refractivity contribution in [3.63, 3.8) is 0 Å². The summed E-state index contributed by atoms with van der Waals surface area (Å²) in [6, 6.07) is 27.6. The number of para-hydroxylation sites is 1. The van der Waals surface area contributed by atoms with Crippen molar-refractivity contribution in [3.8, 4) is 11.3 Å². The molecule has 0 aliphatic heterocycles. The fourth-order valence-corrected chi connectivity index (χ4v) is 3.06. The third-order valence-electron chi connectivity index (χ3n) is 4.51. The van der Waals surface area contributed by atoms with Crippen molar-refractivity contribution < 1.29 is 13.9 Å². The standard InChI is InChI=1S/C25H19ClN2O3/c26-23-9-5-4-6-20(23)17-30-25(29)19-12-10-18(11-13-19)24-15-14-22(31-24)16-27-28-21-7-2-1-3-8-21/h1-16,28H,17H2. The van der Waals surface area contributed by atoms with Gasteiger partial charge in [0.15, 0.2) is 0 Å². The van der Waals surface area contributed by atoms with Crippen molar-refractivity contribution in [2.24, 2.45) is 5.10 Å². The summed E-state index contributed by atoms with van der Waals surface area (Å²) < 4.78 is 11.2. The van der Waals surface area contributed by atoms with Gasteiger partial charge < -0.3 is 9.15 Å². The van der Waals surface area contributed by atoms with E-state index in [0.29, 0.717) is 22.1 Å². The molecule has 0 unspecified atom stereocenters. The van der Waals surface area contributed by atoms with Gasteiger partial charge in [0.25, 0.3) is 0 Å². The zero-order valence-corrected chi connectivity index (χ0v) is 17.3. The smallest absolute Gasteiger partial charge is 0.338 e. The number of rotatable bonds is 7. The van der Waals surface area contributed by atoms with Crippen LogP contribution < -0.4 is 5.43 Å². The molecule has 0 aliphatic carbocycles. The number of hydrazone groups is 1. The van der Waals surface area contributed by atoms with Crippen molar-refractivity contribution in [1.29, 1.82) is 0 Å². The molecule has 154 valence electrons. The third-order valence-corrected chi connectivity index (χ3v) is 4.88. The molecule has 6 heteroatoms. The van der Waals surface area contributed by atoms with Gasteiger partial charge in [0.05, 0.1) is 17.5 Å². The van der Waals surface area contributed by atoms with Gasteiger partial charge in [0.1, 0.15) is 18.1 Å². The van der Waals surface area contributed by atoms with Crippen molar-refractivity contribution in [1.82, 2.24) is 0 Å². The molecule has 0 saturated heterocycles. The van der Waals surface area contributed by atoms with Crippen LogP contribution in [-0.2, 0) is 11.3 Å². The van der Waals surface area contributed by atoms with Gasteiger partial charge in [0, 0.05) is 16.1 Å². The summed E-state index contributed by atoms with van der Waals surface area (Å²) in [5.41, 5.74) is 5.90. The molecule has 4 aromatic rings. The zero-order chi connectivity index (χ0) is 21.5. The van der Waals surface area contributed by atoms with Gasteiger partial charge in [-0.2, -0.15) is 5.10 Å². The van der Waals surface area contributed by atoms with E-state index in [1.807, 2.05) is 72.8 Å². The number of carbonyl (C=O) groups is 1. The minimum Gasteiger partial charge on any atom is -0.457 e. The number of nitrogens with one attached hydrogen (secondary N) is 1. The predicted octanol–water partition coefficient (Wildman–Crippen LogP) is 6.40. The lowest BCUT2D eigenvalue weighted by atomic mass is 10.1. The van der Waals surface area contributed by atoms with E-state index in [1.165, 1.54) is 0 Å². The molecule has 0 amide bonds. The first-order valence-electron chi connectivity index (χ1n) is 9.64. The molecule has 0 fully saturated rings. The van der Waals surface area contributed by atoms with Gasteiger partial charge in [-0.1, -0.05) is 60.1 Å². The number of hydrogen-bond acceptors (Lipinski definition) is 5. The van der Waals surface area contributed by atoms with Gasteiger partial charge in [-0.15, -0.1) is 0 Å². The lowest BCUT2D eigenvalue weighted by molar-refractivity contribution is 0.0473. The first-order valence-corrected chi connectivity index (χ1v) is 10.0. The lowest BCUT2D eigenvalue weighted by Gasteiger charge is -2.07. The second-order valence-electron chi connectivity index (χ2n) is 6.68. The summed E-state index contributed by atoms with van der Waals surface area (Å²) in [5, 5.41) is 4.74. The summed E-state index contributed by atoms with van der Waals surface area (Å²) in [7, 11) is 0. The maximum absolute atomic E-state index is 12.3. The van der Waals surface area contributed by atoms with Crippen LogP contribution in [0.2, 0.25) is 5.02 Å². The summed E-state index contributed by atoms with van der Waals surface area (Å²) in [6.07, 6.45) is 1.61. The molecule has 0 radical (unpaired) electrons. The van der Waals surface area contributed by atoms with Gasteiger partial charge in [-0.05, 0) is 42.5 Å². The van der Waals surface area contributed by atoms with Crippen LogP contribution in [0.15, 0.2) is 101 Å². The van der Waals surface area contributed by atoms with Crippen molar-refractivity contribution in [3.05, 3.63) is 113 Å². The second-order valence-corrected chi connectivity index (χ2v) is 7.09. The van der Waals surface area contributed by atoms with E-state index >= 15 is 0 Å². The summed E-state index contributed by atoms with van der Waals surface area (Å²) in [5.74, 6) is 0.879. The molecule has 31 heavy (non-hydrogen) atoms. The van der Waals surface area contributed by atoms with Crippen LogP contribution >= 0.6 is 11.6 Å². The molecule has 0 atom stereocenters. The first kappa shape index (κ1) is 20.4. The minimum absolute atomic E-state index is 0.123. The van der Waals surface area contributed by atoms with E-state index in [9.17, 15) is 4.79 Å². The molecule has 1 heterocycles. The van der Waals surface area contributed by atoms with Gasteiger partial charge in [-0.3, -0.25) is 5.43 Å². The number of ether oxygens (including phenoxy) is 1. The van der Waals surface area contributed by atoms with Crippen molar-refractivity contribution >= 4 is 29.5 Å². The fraction of sp³-hybridized carbons (Fsp3) is 0.0400. The SMILES string of the molecule is O=C(OCc1ccccc1Cl)c1ccc(-c2ccc(C=NNc3ccccc3)o2)cc1. The van der Waals surface area contributed by atoms with E-state index < -0.39 is 5.97 Å². The quantitative estimate of drug-likeness (QED) is 0.209. The molecule has 0 spiro atoms. The molecule has 1 aromatic heterocycles. The van der Waals surface area contributed by atoms with Crippen LogP contribution in [0.3, 0.4) is 0 Å². The second kappa shape index (κ2) is 9.78. The molecule has 0 saturated carbocycles. The lowest BCUT2D eigenvalue weighted by Crippen LogP contribution is -2.05. The maximum Gasteiger partial charge on any atom is 0.338 e. The molecular weight excluding hydrogens is 412 g/mol. The summed E-state index contributed by atoms with van der Waals surface area (Å²) >= 11 is 6.09. The Morgan fingerprint density at radius 1 is 0.935 bits per heavy atom. The Kier molecular flexibility index (Phi) is 6.45. The van der Waals surface area contributed by atoms with E-state index in [-0.39, 0.29) is 6.61 Å². The molecule has 3 aromatic carbocycles. The Balaban J connectivity index is 1.36. The van der Waals surface area contributed by atoms with Crippen molar-refractivity contribution in [2.75, 3.05) is 5.43 Å². The molecular formula is C25H19ClN2O3. The van der Waals surface area contributed by atoms with Crippen LogP contribution in [-0.4, -0.2) is 12.2 Å². The van der Waals surface area contributed by atoms with Crippen LogP contribution in [0, 0.1) is 0 Å². The van der Waals surface area contributed by atoms with Crippen LogP contribution in [0.1, 0.15) is 21.7 Å². The molecule has 0 bridgehead atoms. The Labute approximate surface area is 184 Å². The van der Waals surface area contributed by atoms with E-state index in [2.05, 4.69) is 10.5 Å². The molecule has 1 N–H and O–H groups in total. The topological polar surface area (TPSA) is 63.8 Å². The largest absolute Gasteiger partial charge is 0.457 e. The Morgan fingerprint density at radius 3 is 2.45 bits per heavy atom. The number of benzene rings is 3. The van der Waals surface area contributed by atoms with E-state index in [0.717, 1.165) is 16.8 Å². The maximum atomic E-state index is 12.3. The first-order chi connectivity index (χ1) is 15.2. The Hall–Kier alpha value is -3.83. The number of carbonyl (C=O) groups excluding carboxylic acids is 1. The van der Waals surface area contributed by atoms with Gasteiger partial charge in [0.2, 0.25) is 0 Å². The highest BCUT2D eigenvalue weighted by atomic mass is 35.5. The normalized spacial score (nSPS) is 10.9. The monoisotopic (exact) mass is 430 g/mol. The van der Waals surface area contributed by atoms with Crippen LogP contribution in [0.25, 0.3) is 11.3 Å². The number of halogens is 1. The summed E-state index contributed by atoms with van der Waals surface area (Å²) in [6.45, 7) is 0.123. The van der Waals surface area contributed by atoms with Crippen molar-refractivity contribution in [2.45, 2.75) is 6.61 Å². The van der Waals surface area contributed by atoms with E-state index in [4.69, 9.17) is 20.8 Å². The van der Waals surface area contributed by atoms with Crippen LogP contribution in [0.4, 0.5) is 5.69 Å². The highest BCUT2D eigenvalue weighted by Gasteiger charge is 2.10. The predicted molar refractivity (Wildman–Crippen MR) is 122 cm³/mol. The van der Waals surface area contributed by atoms with E-state index in [1.54, 1.807) is 24.4 Å². The molecule has 4 rings (SSSR count). The minimum atomic E-state index is -0.411. The highest BCUT2D eigenvalue weighted by Crippen LogP contribution is 2.23. The summed E-state index contributed by atoms with van der Waals surface area (Å²) in [4.78, 5) is 12.3. The highest BCUT2D eigenvalue weighted by molar-refractivity contribution is 6.31. The molecule has 0 aliphatic rings. The number of nitrogens with zero attached hydrogens (tertiary/aromatic N) is 1. The third kappa shape index (κ3) is 5.41. The van der Waals surface area contributed by atoms with Gasteiger partial charge >= 0.3 is 5.97 Å².